The summed E-state index contributed by atoms with van der Waals surface area (Å²) < 4.78 is 16.9. The molecule has 5 rings (SSSR count). The average Bonchev–Trinajstić information content (AvgIpc) is 3.64. The molecule has 1 aliphatic rings. The molecule has 8 heteroatoms. The van der Waals surface area contributed by atoms with Crippen molar-refractivity contribution in [3.8, 4) is 11.1 Å². The van der Waals surface area contributed by atoms with Crippen LogP contribution in [-0.4, -0.2) is 54.2 Å². The van der Waals surface area contributed by atoms with Crippen molar-refractivity contribution in [3.63, 3.8) is 0 Å². The summed E-state index contributed by atoms with van der Waals surface area (Å²) >= 11 is 0. The van der Waals surface area contributed by atoms with E-state index >= 15 is 0 Å². The van der Waals surface area contributed by atoms with E-state index in [-0.39, 0.29) is 32.0 Å². The average molecular weight is 582 g/mol. The van der Waals surface area contributed by atoms with Crippen molar-refractivity contribution in [3.05, 3.63) is 119 Å². The minimum atomic E-state index is -1.21. The lowest BCUT2D eigenvalue weighted by atomic mass is 9.91. The minimum Gasteiger partial charge on any atom is -0.457 e. The number of rotatable bonds is 13. The van der Waals surface area contributed by atoms with Gasteiger partial charge in [-0.05, 0) is 42.5 Å². The number of aliphatic hydroxyl groups is 1. The number of benzene rings is 3. The molecule has 0 bridgehead atoms. The fraction of sp³-hybridized carbons (Fsp3) is 0.286. The zero-order chi connectivity index (χ0) is 30.2. The Balaban J connectivity index is 1.50. The van der Waals surface area contributed by atoms with Crippen LogP contribution in [0.25, 0.3) is 11.1 Å². The van der Waals surface area contributed by atoms with E-state index < -0.39 is 29.7 Å². The van der Waals surface area contributed by atoms with Gasteiger partial charge in [0.2, 0.25) is 11.7 Å². The Morgan fingerprint density at radius 2 is 1.72 bits per heavy atom. The molecule has 1 saturated heterocycles. The molecular weight excluding hydrogens is 546 g/mol. The lowest BCUT2D eigenvalue weighted by molar-refractivity contribution is -0.132. The molecule has 222 valence electrons. The van der Waals surface area contributed by atoms with E-state index in [1.165, 1.54) is 0 Å². The zero-order valence-corrected chi connectivity index (χ0v) is 24.1. The Morgan fingerprint density at radius 3 is 2.44 bits per heavy atom. The van der Waals surface area contributed by atoms with Gasteiger partial charge in [0, 0.05) is 18.6 Å². The molecule has 1 fully saturated rings. The topological polar surface area (TPSA) is 106 Å². The first-order valence-electron chi connectivity index (χ1n) is 14.5. The van der Waals surface area contributed by atoms with Gasteiger partial charge >= 0.3 is 6.09 Å². The molecule has 1 aromatic heterocycles. The number of aryl methyl sites for hydroxylation is 2. The number of furan rings is 1. The lowest BCUT2D eigenvalue weighted by Gasteiger charge is -2.24. The number of hydrogen-bond donors (Lipinski definition) is 1. The summed E-state index contributed by atoms with van der Waals surface area (Å²) in [6.07, 6.45) is 0.431. The number of carbonyl (C=O) groups is 3. The highest BCUT2D eigenvalue weighted by Gasteiger charge is 2.44. The first kappa shape index (κ1) is 29.9. The Hall–Kier alpha value is -4.53. The Kier molecular flexibility index (Phi) is 9.81. The van der Waals surface area contributed by atoms with E-state index in [1.807, 2.05) is 91.9 Å². The smallest absolute Gasteiger partial charge is 0.417 e. The van der Waals surface area contributed by atoms with Gasteiger partial charge in [-0.1, -0.05) is 90.5 Å². The maximum Gasteiger partial charge on any atom is 0.417 e. The molecule has 3 aromatic carbocycles. The van der Waals surface area contributed by atoms with Crippen LogP contribution in [0.2, 0.25) is 0 Å². The molecule has 43 heavy (non-hydrogen) atoms. The number of hydrogen-bond acceptors (Lipinski definition) is 7. The second kappa shape index (κ2) is 14.1. The van der Waals surface area contributed by atoms with Gasteiger partial charge in [-0.3, -0.25) is 9.59 Å². The van der Waals surface area contributed by atoms with Crippen molar-refractivity contribution in [2.45, 2.75) is 32.2 Å². The van der Waals surface area contributed by atoms with E-state index in [9.17, 15) is 14.4 Å². The molecule has 2 amide bonds. The highest BCUT2D eigenvalue weighted by atomic mass is 16.6. The molecule has 2 atom stereocenters. The molecule has 1 aliphatic heterocycles. The number of nitrogens with zero attached hydrogens (tertiary/aromatic N) is 1. The number of Topliss-reactive ketones (excluding diaryl/α,β-unsaturated/α-hetero) is 1. The van der Waals surface area contributed by atoms with Crippen LogP contribution in [0.15, 0.2) is 95.4 Å². The monoisotopic (exact) mass is 581 g/mol. The molecule has 1 N–H and O–H groups in total. The van der Waals surface area contributed by atoms with Crippen molar-refractivity contribution in [1.29, 1.82) is 0 Å². The molecule has 8 nitrogen and oxygen atoms in total. The SMILES string of the molecule is Cc1cccc(-c2cc(C(=O)[C@H](Cc3ccccc3)C(=O)N3C(=O)OC[C@H]3c3ccccc3)oc2CCCOCCO)c1. The normalized spacial score (nSPS) is 15.3. The quantitative estimate of drug-likeness (QED) is 0.118. The van der Waals surface area contributed by atoms with Gasteiger partial charge in [-0.25, -0.2) is 9.69 Å². The number of cyclic esters (lactones) is 1. The molecule has 0 spiro atoms. The predicted octanol–water partition coefficient (Wildman–Crippen LogP) is 5.96. The summed E-state index contributed by atoms with van der Waals surface area (Å²) in [6, 6.07) is 27.4. The number of amides is 2. The predicted molar refractivity (Wildman–Crippen MR) is 160 cm³/mol. The van der Waals surface area contributed by atoms with E-state index in [2.05, 4.69) is 0 Å². The molecule has 0 aliphatic carbocycles. The number of ketones is 1. The first-order valence-corrected chi connectivity index (χ1v) is 14.5. The number of carbonyl (C=O) groups excluding carboxylic acids is 3. The number of imide groups is 1. The maximum atomic E-state index is 14.2. The summed E-state index contributed by atoms with van der Waals surface area (Å²) in [4.78, 5) is 42.4. The maximum absolute atomic E-state index is 14.2. The summed E-state index contributed by atoms with van der Waals surface area (Å²) in [5.41, 5.74) is 4.25. The third kappa shape index (κ3) is 7.10. The van der Waals surface area contributed by atoms with Crippen LogP contribution < -0.4 is 0 Å². The van der Waals surface area contributed by atoms with Gasteiger partial charge in [0.05, 0.1) is 13.2 Å². The third-order valence-electron chi connectivity index (χ3n) is 7.50. The van der Waals surface area contributed by atoms with E-state index in [0.717, 1.165) is 32.7 Å². The highest BCUT2D eigenvalue weighted by Crippen LogP contribution is 2.34. The lowest BCUT2D eigenvalue weighted by Crippen LogP contribution is -2.42. The van der Waals surface area contributed by atoms with Crippen LogP contribution in [0.4, 0.5) is 4.79 Å². The largest absolute Gasteiger partial charge is 0.457 e. The van der Waals surface area contributed by atoms with Crippen LogP contribution in [0.1, 0.15) is 45.5 Å². The van der Waals surface area contributed by atoms with Gasteiger partial charge in [0.15, 0.2) is 5.76 Å². The molecule has 0 radical (unpaired) electrons. The second-order valence-corrected chi connectivity index (χ2v) is 10.6. The molecular formula is C35H35NO7. The van der Waals surface area contributed by atoms with Crippen molar-refractivity contribution in [1.82, 2.24) is 4.90 Å². The molecule has 4 aromatic rings. The summed E-state index contributed by atoms with van der Waals surface area (Å²) in [6.45, 7) is 2.62. The number of ether oxygens (including phenoxy) is 2. The van der Waals surface area contributed by atoms with Crippen molar-refractivity contribution < 1.29 is 33.4 Å². The second-order valence-electron chi connectivity index (χ2n) is 10.6. The van der Waals surface area contributed by atoms with E-state index in [0.29, 0.717) is 25.2 Å². The van der Waals surface area contributed by atoms with Gasteiger partial charge in [0.1, 0.15) is 24.3 Å². The van der Waals surface area contributed by atoms with Crippen molar-refractivity contribution >= 4 is 17.8 Å². The minimum absolute atomic E-state index is 0.0155. The Bertz CT molecular complexity index is 1550. The highest BCUT2D eigenvalue weighted by molar-refractivity contribution is 6.12. The molecule has 0 unspecified atom stereocenters. The standard InChI is InChI=1S/C35H35NO7/c1-24-10-8-15-27(20-24)28-22-32(43-31(28)16-9-18-41-19-17-37)33(38)29(21-25-11-4-2-5-12-25)34(39)36-30(23-42-35(36)40)26-13-6-3-7-14-26/h2-8,10-15,20,22,29-30,37H,9,16-19,21,23H2,1H3/t29-,30-/m0/s1. The van der Waals surface area contributed by atoms with Crippen LogP contribution in [0.5, 0.6) is 0 Å². The van der Waals surface area contributed by atoms with E-state index in [1.54, 1.807) is 6.07 Å². The van der Waals surface area contributed by atoms with Crippen molar-refractivity contribution in [2.24, 2.45) is 5.92 Å². The van der Waals surface area contributed by atoms with Crippen LogP contribution in [0.3, 0.4) is 0 Å². The van der Waals surface area contributed by atoms with Crippen LogP contribution in [0, 0.1) is 12.8 Å². The molecule has 0 saturated carbocycles. The summed E-state index contributed by atoms with van der Waals surface area (Å²) in [7, 11) is 0. The number of aliphatic hydroxyl groups excluding tert-OH is 1. The summed E-state index contributed by atoms with van der Waals surface area (Å²) in [5, 5.41) is 9.00. The van der Waals surface area contributed by atoms with E-state index in [4.69, 9.17) is 19.0 Å². The Labute approximate surface area is 250 Å². The van der Waals surface area contributed by atoms with Crippen LogP contribution >= 0.6 is 0 Å². The van der Waals surface area contributed by atoms with Gasteiger partial charge < -0.3 is 19.0 Å². The fourth-order valence-electron chi connectivity index (χ4n) is 5.36. The van der Waals surface area contributed by atoms with Gasteiger partial charge in [-0.15, -0.1) is 0 Å². The van der Waals surface area contributed by atoms with Crippen LogP contribution in [-0.2, 0) is 27.1 Å². The van der Waals surface area contributed by atoms with Gasteiger partial charge in [0.25, 0.3) is 0 Å². The Morgan fingerprint density at radius 1 is 0.977 bits per heavy atom. The zero-order valence-electron chi connectivity index (χ0n) is 24.1. The summed E-state index contributed by atoms with van der Waals surface area (Å²) in [5.74, 6) is -1.68. The van der Waals surface area contributed by atoms with Crippen molar-refractivity contribution in [2.75, 3.05) is 26.4 Å². The van der Waals surface area contributed by atoms with Gasteiger partial charge in [-0.2, -0.15) is 0 Å². The first-order chi connectivity index (χ1) is 21.0. The fourth-order valence-corrected chi connectivity index (χ4v) is 5.36. The molecule has 2 heterocycles. The third-order valence-corrected chi connectivity index (χ3v) is 7.50.